The van der Waals surface area contributed by atoms with Crippen LogP contribution in [-0.4, -0.2) is 59.0 Å². The zero-order chi connectivity index (χ0) is 20.6. The van der Waals surface area contributed by atoms with Crippen molar-refractivity contribution in [2.75, 3.05) is 33.3 Å². The second-order valence-corrected chi connectivity index (χ2v) is 8.23. The van der Waals surface area contributed by atoms with Gasteiger partial charge in [0.1, 0.15) is 11.4 Å². The highest BCUT2D eigenvalue weighted by atomic mass is 16.5. The number of piperidine rings is 1. The molecular formula is C23H32N4O2. The van der Waals surface area contributed by atoms with E-state index >= 15 is 0 Å². The molecule has 6 nitrogen and oxygen atoms in total. The van der Waals surface area contributed by atoms with Gasteiger partial charge in [-0.15, -0.1) is 0 Å². The summed E-state index contributed by atoms with van der Waals surface area (Å²) in [5.74, 6) is 1.88. The summed E-state index contributed by atoms with van der Waals surface area (Å²) >= 11 is 0. The van der Waals surface area contributed by atoms with Crippen LogP contribution in [-0.2, 0) is 6.54 Å². The largest absolute Gasteiger partial charge is 0.496 e. The van der Waals surface area contributed by atoms with E-state index in [9.17, 15) is 4.79 Å². The summed E-state index contributed by atoms with van der Waals surface area (Å²) in [6.07, 6.45) is 6.93. The number of carbonyl (C=O) groups excluding carboxylic acids is 1. The van der Waals surface area contributed by atoms with Gasteiger partial charge in [0.15, 0.2) is 0 Å². The predicted octanol–water partition coefficient (Wildman–Crippen LogP) is 3.50. The molecular weight excluding hydrogens is 364 g/mol. The third kappa shape index (κ3) is 6.00. The van der Waals surface area contributed by atoms with Crippen molar-refractivity contribution >= 4 is 5.91 Å². The Kier molecular flexibility index (Phi) is 7.58. The van der Waals surface area contributed by atoms with Crippen LogP contribution in [0.1, 0.15) is 42.7 Å². The van der Waals surface area contributed by atoms with E-state index in [0.717, 1.165) is 51.3 Å². The van der Waals surface area contributed by atoms with Crippen LogP contribution >= 0.6 is 0 Å². The molecule has 2 heterocycles. The number of para-hydroxylation sites is 1. The number of carbonyl (C=O) groups is 1. The van der Waals surface area contributed by atoms with E-state index in [2.05, 4.69) is 40.8 Å². The van der Waals surface area contributed by atoms with Gasteiger partial charge in [0.2, 0.25) is 0 Å². The van der Waals surface area contributed by atoms with E-state index < -0.39 is 0 Å². The Morgan fingerprint density at radius 3 is 2.66 bits per heavy atom. The molecule has 0 aliphatic carbocycles. The van der Waals surface area contributed by atoms with Gasteiger partial charge in [-0.1, -0.05) is 32.0 Å². The second-order valence-electron chi connectivity index (χ2n) is 8.23. The smallest absolute Gasteiger partial charge is 0.274 e. The van der Waals surface area contributed by atoms with E-state index in [1.807, 2.05) is 17.0 Å². The molecule has 1 aliphatic rings. The van der Waals surface area contributed by atoms with Crippen molar-refractivity contribution < 1.29 is 9.53 Å². The molecule has 3 rings (SSSR count). The van der Waals surface area contributed by atoms with Crippen molar-refractivity contribution in [1.82, 2.24) is 19.8 Å². The van der Waals surface area contributed by atoms with Gasteiger partial charge in [0, 0.05) is 37.6 Å². The first kappa shape index (κ1) is 21.2. The maximum Gasteiger partial charge on any atom is 0.274 e. The molecule has 0 atom stereocenters. The van der Waals surface area contributed by atoms with Crippen LogP contribution in [0.25, 0.3) is 0 Å². The van der Waals surface area contributed by atoms with E-state index in [4.69, 9.17) is 4.74 Å². The molecule has 0 unspecified atom stereocenters. The molecule has 1 aromatic carbocycles. The molecule has 29 heavy (non-hydrogen) atoms. The number of benzene rings is 1. The molecule has 0 saturated carbocycles. The van der Waals surface area contributed by atoms with E-state index in [1.54, 1.807) is 25.7 Å². The monoisotopic (exact) mass is 396 g/mol. The van der Waals surface area contributed by atoms with Crippen LogP contribution in [0, 0.1) is 11.8 Å². The summed E-state index contributed by atoms with van der Waals surface area (Å²) < 4.78 is 5.48. The predicted molar refractivity (Wildman–Crippen MR) is 114 cm³/mol. The van der Waals surface area contributed by atoms with Crippen LogP contribution < -0.4 is 4.74 Å². The third-order valence-corrected chi connectivity index (χ3v) is 5.43. The van der Waals surface area contributed by atoms with Crippen molar-refractivity contribution in [2.45, 2.75) is 33.2 Å². The number of rotatable bonds is 8. The Hall–Kier alpha value is -2.47. The van der Waals surface area contributed by atoms with Gasteiger partial charge in [-0.05, 0) is 43.8 Å². The highest BCUT2D eigenvalue weighted by molar-refractivity contribution is 5.91. The number of aromatic nitrogens is 2. The SMILES string of the molecule is COc1ccccc1CN1CCC(CN(CC(C)C)C(=O)c2cnccn2)CC1. The number of amides is 1. The van der Waals surface area contributed by atoms with Gasteiger partial charge in [-0.3, -0.25) is 14.7 Å². The molecule has 1 aromatic heterocycles. The molecule has 156 valence electrons. The first-order valence-corrected chi connectivity index (χ1v) is 10.5. The molecule has 0 N–H and O–H groups in total. The quantitative estimate of drug-likeness (QED) is 0.684. The summed E-state index contributed by atoms with van der Waals surface area (Å²) in [4.78, 5) is 25.6. The van der Waals surface area contributed by atoms with Gasteiger partial charge in [0.05, 0.1) is 13.3 Å². The van der Waals surface area contributed by atoms with Crippen LogP contribution in [0.2, 0.25) is 0 Å². The minimum absolute atomic E-state index is 0.0109. The number of nitrogens with zero attached hydrogens (tertiary/aromatic N) is 4. The summed E-state index contributed by atoms with van der Waals surface area (Å²) in [5.41, 5.74) is 1.66. The molecule has 0 radical (unpaired) electrons. The van der Waals surface area contributed by atoms with Gasteiger partial charge in [-0.25, -0.2) is 4.98 Å². The summed E-state index contributed by atoms with van der Waals surface area (Å²) in [7, 11) is 1.72. The molecule has 1 amide bonds. The number of hydrogen-bond donors (Lipinski definition) is 0. The van der Waals surface area contributed by atoms with E-state index in [1.165, 1.54) is 5.56 Å². The average Bonchev–Trinajstić information content (AvgIpc) is 2.75. The Labute approximate surface area is 173 Å². The fourth-order valence-electron chi connectivity index (χ4n) is 3.97. The second kappa shape index (κ2) is 10.3. The highest BCUT2D eigenvalue weighted by Gasteiger charge is 2.26. The molecule has 0 bridgehead atoms. The van der Waals surface area contributed by atoms with E-state index in [-0.39, 0.29) is 5.91 Å². The third-order valence-electron chi connectivity index (χ3n) is 5.43. The molecule has 1 aliphatic heterocycles. The molecule has 6 heteroatoms. The number of likely N-dealkylation sites (tertiary alicyclic amines) is 1. The van der Waals surface area contributed by atoms with Gasteiger partial charge >= 0.3 is 0 Å². The van der Waals surface area contributed by atoms with Crippen molar-refractivity contribution in [1.29, 1.82) is 0 Å². The first-order valence-electron chi connectivity index (χ1n) is 10.5. The molecule has 2 aromatic rings. The topological polar surface area (TPSA) is 58.6 Å². The van der Waals surface area contributed by atoms with Crippen molar-refractivity contribution in [2.24, 2.45) is 11.8 Å². The van der Waals surface area contributed by atoms with Crippen LogP contribution in [0.5, 0.6) is 5.75 Å². The van der Waals surface area contributed by atoms with Gasteiger partial charge in [-0.2, -0.15) is 0 Å². The minimum atomic E-state index is -0.0109. The molecule has 0 spiro atoms. The lowest BCUT2D eigenvalue weighted by molar-refractivity contribution is 0.0657. The fraction of sp³-hybridized carbons (Fsp3) is 0.522. The zero-order valence-electron chi connectivity index (χ0n) is 17.8. The molecule has 1 fully saturated rings. The van der Waals surface area contributed by atoms with Crippen LogP contribution in [0.4, 0.5) is 0 Å². The fourth-order valence-corrected chi connectivity index (χ4v) is 3.97. The number of hydrogen-bond acceptors (Lipinski definition) is 5. The lowest BCUT2D eigenvalue weighted by Gasteiger charge is -2.35. The standard InChI is InChI=1S/C23H32N4O2/c1-18(2)15-27(23(28)21-14-24-10-11-25-21)16-19-8-12-26(13-9-19)17-20-6-4-5-7-22(20)29-3/h4-7,10-11,14,18-19H,8-9,12-13,15-17H2,1-3H3. The van der Waals surface area contributed by atoms with E-state index in [0.29, 0.717) is 17.5 Å². The molecule has 1 saturated heterocycles. The Balaban J connectivity index is 1.56. The average molecular weight is 397 g/mol. The van der Waals surface area contributed by atoms with Gasteiger partial charge in [0.25, 0.3) is 5.91 Å². The van der Waals surface area contributed by atoms with Crippen molar-refractivity contribution in [3.63, 3.8) is 0 Å². The Morgan fingerprint density at radius 2 is 2.00 bits per heavy atom. The Bertz CT molecular complexity index is 773. The maximum absolute atomic E-state index is 12.9. The highest BCUT2D eigenvalue weighted by Crippen LogP contribution is 2.24. The van der Waals surface area contributed by atoms with Gasteiger partial charge < -0.3 is 9.64 Å². The lowest BCUT2D eigenvalue weighted by Crippen LogP contribution is -2.42. The van der Waals surface area contributed by atoms with Crippen LogP contribution in [0.15, 0.2) is 42.9 Å². The summed E-state index contributed by atoms with van der Waals surface area (Å²) in [5, 5.41) is 0. The maximum atomic E-state index is 12.9. The first-order chi connectivity index (χ1) is 14.1. The minimum Gasteiger partial charge on any atom is -0.496 e. The number of ether oxygens (including phenoxy) is 1. The normalized spacial score (nSPS) is 15.4. The number of methoxy groups -OCH3 is 1. The zero-order valence-corrected chi connectivity index (χ0v) is 17.8. The summed E-state index contributed by atoms with van der Waals surface area (Å²) in [6.45, 7) is 8.81. The lowest BCUT2D eigenvalue weighted by atomic mass is 9.95. The van der Waals surface area contributed by atoms with Crippen LogP contribution in [0.3, 0.4) is 0 Å². The van der Waals surface area contributed by atoms with Crippen molar-refractivity contribution in [3.8, 4) is 5.75 Å². The summed E-state index contributed by atoms with van der Waals surface area (Å²) in [6, 6.07) is 8.22. The van der Waals surface area contributed by atoms with Crippen molar-refractivity contribution in [3.05, 3.63) is 54.1 Å². The Morgan fingerprint density at radius 1 is 1.24 bits per heavy atom.